The predicted octanol–water partition coefficient (Wildman–Crippen LogP) is 1.91. The van der Waals surface area contributed by atoms with Crippen LogP contribution in [0, 0.1) is 5.82 Å². The number of rotatable bonds is 15. The monoisotopic (exact) mass is 549 g/mol. The van der Waals surface area contributed by atoms with Crippen LogP contribution in [0.1, 0.15) is 35.7 Å². The number of carboxylic acids is 1. The largest absolute Gasteiger partial charge is 0.477 e. The van der Waals surface area contributed by atoms with Crippen LogP contribution in [-0.2, 0) is 23.7 Å². The number of piperazine rings is 1. The first-order valence-electron chi connectivity index (χ1n) is 13.3. The van der Waals surface area contributed by atoms with Crippen LogP contribution in [-0.4, -0.2) is 106 Å². The van der Waals surface area contributed by atoms with Crippen LogP contribution in [0.15, 0.2) is 23.1 Å². The maximum Gasteiger partial charge on any atom is 0.341 e. The van der Waals surface area contributed by atoms with Crippen LogP contribution >= 0.6 is 0 Å². The van der Waals surface area contributed by atoms with Crippen molar-refractivity contribution in [3.05, 3.63) is 39.9 Å². The average Bonchev–Trinajstić information content (AvgIpc) is 3.77. The summed E-state index contributed by atoms with van der Waals surface area (Å²) in [5, 5.41) is 9.49. The van der Waals surface area contributed by atoms with Crippen molar-refractivity contribution in [3.8, 4) is 0 Å². The Labute approximate surface area is 226 Å². The second-order valence-corrected chi connectivity index (χ2v) is 9.58. The highest BCUT2D eigenvalue weighted by Crippen LogP contribution is 2.38. The zero-order valence-corrected chi connectivity index (χ0v) is 22.2. The van der Waals surface area contributed by atoms with E-state index >= 15 is 4.39 Å². The number of hydrogen-bond donors (Lipinski definition) is 1. The van der Waals surface area contributed by atoms with Gasteiger partial charge in [-0.3, -0.25) is 9.59 Å². The Morgan fingerprint density at radius 2 is 1.56 bits per heavy atom. The molecule has 4 rings (SSSR count). The second kappa shape index (κ2) is 13.8. The van der Waals surface area contributed by atoms with Gasteiger partial charge in [0.15, 0.2) is 0 Å². The van der Waals surface area contributed by atoms with Crippen LogP contribution in [0.5, 0.6) is 0 Å². The molecule has 1 saturated heterocycles. The highest BCUT2D eigenvalue weighted by atomic mass is 19.1. The third-order valence-electron chi connectivity index (χ3n) is 6.88. The van der Waals surface area contributed by atoms with Gasteiger partial charge in [0.1, 0.15) is 11.4 Å². The third-order valence-corrected chi connectivity index (χ3v) is 6.88. The van der Waals surface area contributed by atoms with Gasteiger partial charge in [0.05, 0.1) is 63.9 Å². The molecule has 39 heavy (non-hydrogen) atoms. The van der Waals surface area contributed by atoms with Gasteiger partial charge in [0.2, 0.25) is 11.3 Å². The summed E-state index contributed by atoms with van der Waals surface area (Å²) in [6.45, 7) is 4.90. The minimum absolute atomic E-state index is 0.0233. The molecule has 0 radical (unpaired) electrons. The third kappa shape index (κ3) is 7.53. The average molecular weight is 550 g/mol. The summed E-state index contributed by atoms with van der Waals surface area (Å²) in [6.07, 6.45) is 3.39. The molecule has 0 atom stereocenters. The van der Waals surface area contributed by atoms with E-state index in [0.717, 1.165) is 18.9 Å². The Hall–Kier alpha value is -3.06. The zero-order valence-electron chi connectivity index (χ0n) is 22.2. The number of ether oxygens (including phenoxy) is 4. The van der Waals surface area contributed by atoms with E-state index in [1.165, 1.54) is 6.20 Å². The fourth-order valence-corrected chi connectivity index (χ4v) is 4.61. The molecule has 1 aromatic carbocycles. The Morgan fingerprint density at radius 1 is 0.949 bits per heavy atom. The van der Waals surface area contributed by atoms with Crippen molar-refractivity contribution in [2.75, 3.05) is 84.4 Å². The number of carbonyl (C=O) groups is 2. The molecule has 2 fully saturated rings. The number of anilines is 1. The summed E-state index contributed by atoms with van der Waals surface area (Å²) in [5.41, 5.74) is -0.162. The number of methoxy groups -OCH3 is 1. The highest BCUT2D eigenvalue weighted by Gasteiger charge is 2.29. The number of aromatic carboxylic acids is 1. The summed E-state index contributed by atoms with van der Waals surface area (Å²) < 4.78 is 38.0. The maximum atomic E-state index is 15.2. The number of pyridine rings is 1. The van der Waals surface area contributed by atoms with E-state index in [-0.39, 0.29) is 29.3 Å². The number of amides is 1. The first kappa shape index (κ1) is 28.9. The number of hydrogen-bond acceptors (Lipinski definition) is 8. The van der Waals surface area contributed by atoms with Crippen molar-refractivity contribution in [1.29, 1.82) is 0 Å². The van der Waals surface area contributed by atoms with Gasteiger partial charge in [-0.25, -0.2) is 9.18 Å². The van der Waals surface area contributed by atoms with Crippen molar-refractivity contribution in [2.45, 2.75) is 25.3 Å². The molecule has 11 nitrogen and oxygen atoms in total. The molecular formula is C27H36FN3O8. The molecule has 1 aliphatic carbocycles. The summed E-state index contributed by atoms with van der Waals surface area (Å²) in [7, 11) is 1.62. The Kier molecular flexibility index (Phi) is 10.3. The predicted molar refractivity (Wildman–Crippen MR) is 141 cm³/mol. The molecule has 0 unspecified atom stereocenters. The van der Waals surface area contributed by atoms with E-state index in [0.29, 0.717) is 83.6 Å². The molecule has 1 saturated carbocycles. The number of carboxylic acid groups (broad SMARTS) is 1. The maximum absolute atomic E-state index is 15.2. The molecule has 1 aliphatic heterocycles. The minimum Gasteiger partial charge on any atom is -0.477 e. The lowest BCUT2D eigenvalue weighted by atomic mass is 10.1. The summed E-state index contributed by atoms with van der Waals surface area (Å²) in [4.78, 5) is 40.5. The molecule has 2 heterocycles. The first-order valence-corrected chi connectivity index (χ1v) is 13.3. The summed E-state index contributed by atoms with van der Waals surface area (Å²) in [5.74, 6) is -1.92. The van der Waals surface area contributed by atoms with Crippen LogP contribution in [0.2, 0.25) is 0 Å². The molecule has 0 bridgehead atoms. The second-order valence-electron chi connectivity index (χ2n) is 9.58. The zero-order chi connectivity index (χ0) is 27.8. The quantitative estimate of drug-likeness (QED) is 0.332. The number of benzene rings is 1. The van der Waals surface area contributed by atoms with Gasteiger partial charge in [-0.15, -0.1) is 0 Å². The van der Waals surface area contributed by atoms with Crippen molar-refractivity contribution in [3.63, 3.8) is 0 Å². The van der Waals surface area contributed by atoms with Gasteiger partial charge in [-0.05, 0) is 25.0 Å². The fraction of sp³-hybridized carbons (Fsp3) is 0.593. The van der Waals surface area contributed by atoms with Crippen molar-refractivity contribution in [2.24, 2.45) is 0 Å². The topological polar surface area (TPSA) is 120 Å². The van der Waals surface area contributed by atoms with E-state index in [4.69, 9.17) is 18.9 Å². The fourth-order valence-electron chi connectivity index (χ4n) is 4.61. The van der Waals surface area contributed by atoms with E-state index in [1.807, 2.05) is 4.90 Å². The van der Waals surface area contributed by atoms with E-state index in [1.54, 1.807) is 22.6 Å². The van der Waals surface area contributed by atoms with Gasteiger partial charge in [-0.2, -0.15) is 0 Å². The van der Waals surface area contributed by atoms with Crippen molar-refractivity contribution >= 4 is 28.5 Å². The van der Waals surface area contributed by atoms with Crippen LogP contribution in [0.25, 0.3) is 10.9 Å². The summed E-state index contributed by atoms with van der Waals surface area (Å²) >= 11 is 0. The Morgan fingerprint density at radius 3 is 2.15 bits per heavy atom. The number of carbonyl (C=O) groups excluding carboxylic acids is 1. The van der Waals surface area contributed by atoms with E-state index < -0.39 is 17.2 Å². The molecule has 214 valence electrons. The van der Waals surface area contributed by atoms with Gasteiger partial charge < -0.3 is 38.4 Å². The van der Waals surface area contributed by atoms with Crippen LogP contribution in [0.4, 0.5) is 10.1 Å². The van der Waals surface area contributed by atoms with Crippen molar-refractivity contribution < 1.29 is 38.0 Å². The number of nitrogens with zero attached hydrogens (tertiary/aromatic N) is 3. The lowest BCUT2D eigenvalue weighted by molar-refractivity contribution is -0.132. The minimum atomic E-state index is -1.32. The van der Waals surface area contributed by atoms with Crippen LogP contribution < -0.4 is 10.3 Å². The number of aromatic nitrogens is 1. The lowest BCUT2D eigenvalue weighted by Crippen LogP contribution is -2.49. The molecule has 1 amide bonds. The Balaban J connectivity index is 1.25. The molecular weight excluding hydrogens is 513 g/mol. The molecule has 2 aliphatic rings. The number of fused-ring (bicyclic) bond motifs is 1. The smallest absolute Gasteiger partial charge is 0.341 e. The van der Waals surface area contributed by atoms with E-state index in [2.05, 4.69) is 0 Å². The summed E-state index contributed by atoms with van der Waals surface area (Å²) in [6, 6.07) is 2.88. The van der Waals surface area contributed by atoms with Gasteiger partial charge in [-0.1, -0.05) is 0 Å². The van der Waals surface area contributed by atoms with Crippen molar-refractivity contribution in [1.82, 2.24) is 9.47 Å². The molecule has 1 N–H and O–H groups in total. The van der Waals surface area contributed by atoms with Crippen LogP contribution in [0.3, 0.4) is 0 Å². The Bertz CT molecular complexity index is 1210. The van der Waals surface area contributed by atoms with Gasteiger partial charge >= 0.3 is 5.97 Å². The number of halogens is 1. The molecule has 0 spiro atoms. The van der Waals surface area contributed by atoms with Gasteiger partial charge in [0, 0.05) is 50.9 Å². The molecule has 1 aromatic heterocycles. The molecule has 12 heteroatoms. The standard InChI is InChI=1S/C27H36FN3O8/c1-36-10-11-38-14-15-39-13-12-37-9-4-25(32)30-7-5-29(6-8-30)24-17-23-20(16-22(24)28)26(33)21(27(34)35)18-31(23)19-2-3-19/h16-19H,2-15H2,1H3,(H,34,35). The molecule has 2 aromatic rings. The van der Waals surface area contributed by atoms with Gasteiger partial charge in [0.25, 0.3) is 0 Å². The first-order chi connectivity index (χ1) is 18.9. The SMILES string of the molecule is COCCOCCOCCOCCC(=O)N1CCN(c2cc3c(cc2F)c(=O)c(C(=O)O)cn3C2CC2)CC1. The highest BCUT2D eigenvalue weighted by molar-refractivity contribution is 5.93. The lowest BCUT2D eigenvalue weighted by Gasteiger charge is -2.36. The normalized spacial score (nSPS) is 15.7. The van der Waals surface area contributed by atoms with E-state index in [9.17, 15) is 19.5 Å².